The van der Waals surface area contributed by atoms with Gasteiger partial charge in [-0.25, -0.2) is 0 Å². The van der Waals surface area contributed by atoms with E-state index in [1.807, 2.05) is 7.05 Å². The fraction of sp³-hybridized carbons (Fsp3) is 0.750. The molecule has 3 heteroatoms. The lowest BCUT2D eigenvalue weighted by Gasteiger charge is -2.36. The minimum atomic E-state index is 0.753. The molecule has 0 spiro atoms. The van der Waals surface area contributed by atoms with E-state index in [-0.39, 0.29) is 0 Å². The van der Waals surface area contributed by atoms with Crippen LogP contribution in [0, 0.1) is 5.92 Å². The maximum atomic E-state index is 4.40. The van der Waals surface area contributed by atoms with Gasteiger partial charge in [-0.15, -0.1) is 0 Å². The Morgan fingerprint density at radius 2 is 2.40 bits per heavy atom. The molecule has 1 heterocycles. The van der Waals surface area contributed by atoms with Crippen LogP contribution in [-0.2, 0) is 6.54 Å². The third kappa shape index (κ3) is 2.23. The molecule has 1 N–H and O–H groups in total. The topological polar surface area (TPSA) is 29.9 Å². The Labute approximate surface area is 91.9 Å². The van der Waals surface area contributed by atoms with Crippen LogP contribution in [0.15, 0.2) is 12.4 Å². The molecule has 0 amide bonds. The van der Waals surface area contributed by atoms with Gasteiger partial charge >= 0.3 is 0 Å². The zero-order valence-electron chi connectivity index (χ0n) is 9.74. The molecule has 1 aliphatic carbocycles. The van der Waals surface area contributed by atoms with Crippen LogP contribution < -0.4 is 5.32 Å². The van der Waals surface area contributed by atoms with Crippen molar-refractivity contribution in [2.24, 2.45) is 5.92 Å². The van der Waals surface area contributed by atoms with Gasteiger partial charge in [-0.2, -0.15) is 5.10 Å². The predicted octanol–water partition coefficient (Wildman–Crippen LogP) is 2.01. The number of nitrogens with zero attached hydrogens (tertiary/aromatic N) is 2. The van der Waals surface area contributed by atoms with Crippen LogP contribution >= 0.6 is 0 Å². The summed E-state index contributed by atoms with van der Waals surface area (Å²) in [4.78, 5) is 0. The van der Waals surface area contributed by atoms with E-state index in [4.69, 9.17) is 0 Å². The normalized spacial score (nSPS) is 25.2. The van der Waals surface area contributed by atoms with Crippen molar-refractivity contribution in [2.45, 2.75) is 38.6 Å². The van der Waals surface area contributed by atoms with E-state index >= 15 is 0 Å². The Balaban J connectivity index is 1.97. The molecule has 0 bridgehead atoms. The summed E-state index contributed by atoms with van der Waals surface area (Å²) >= 11 is 0. The lowest BCUT2D eigenvalue weighted by atomic mass is 9.71. The summed E-state index contributed by atoms with van der Waals surface area (Å²) in [6.07, 6.45) is 8.15. The van der Waals surface area contributed by atoms with Crippen molar-refractivity contribution >= 4 is 0 Å². The molecule has 2 rings (SSSR count). The first-order valence-corrected chi connectivity index (χ1v) is 6.02. The standard InChI is InChI=1S/C12H21N3/c1-3-6-15-9-11(8-14-15)12-5-4-10(12)7-13-2/h8-10,12-13H,3-7H2,1-2H3. The zero-order chi connectivity index (χ0) is 10.7. The number of rotatable bonds is 5. The fourth-order valence-electron chi connectivity index (χ4n) is 2.44. The van der Waals surface area contributed by atoms with Gasteiger partial charge in [0.15, 0.2) is 0 Å². The Hall–Kier alpha value is -0.830. The highest BCUT2D eigenvalue weighted by atomic mass is 15.3. The Morgan fingerprint density at radius 3 is 3.00 bits per heavy atom. The highest BCUT2D eigenvalue weighted by molar-refractivity contribution is 5.16. The maximum absolute atomic E-state index is 4.40. The van der Waals surface area contributed by atoms with Gasteiger partial charge in [0.1, 0.15) is 0 Å². The lowest BCUT2D eigenvalue weighted by molar-refractivity contribution is 0.250. The van der Waals surface area contributed by atoms with E-state index in [9.17, 15) is 0 Å². The monoisotopic (exact) mass is 207 g/mol. The van der Waals surface area contributed by atoms with Gasteiger partial charge in [0, 0.05) is 12.7 Å². The van der Waals surface area contributed by atoms with Crippen LogP contribution in [0.4, 0.5) is 0 Å². The van der Waals surface area contributed by atoms with Crippen LogP contribution in [0.3, 0.4) is 0 Å². The molecule has 1 aromatic rings. The van der Waals surface area contributed by atoms with Crippen molar-refractivity contribution in [3.8, 4) is 0 Å². The third-order valence-electron chi connectivity index (χ3n) is 3.42. The first-order valence-electron chi connectivity index (χ1n) is 6.02. The van der Waals surface area contributed by atoms with Crippen LogP contribution in [-0.4, -0.2) is 23.4 Å². The number of hydrogen-bond acceptors (Lipinski definition) is 2. The highest BCUT2D eigenvalue weighted by Gasteiger charge is 2.32. The van der Waals surface area contributed by atoms with E-state index in [0.717, 1.165) is 31.3 Å². The summed E-state index contributed by atoms with van der Waals surface area (Å²) in [6.45, 7) is 4.38. The van der Waals surface area contributed by atoms with Crippen molar-refractivity contribution in [1.82, 2.24) is 15.1 Å². The summed E-state index contributed by atoms with van der Waals surface area (Å²) in [6, 6.07) is 0. The maximum Gasteiger partial charge on any atom is 0.0524 e. The van der Waals surface area contributed by atoms with E-state index in [0.29, 0.717) is 0 Å². The minimum Gasteiger partial charge on any atom is -0.319 e. The third-order valence-corrected chi connectivity index (χ3v) is 3.42. The molecule has 0 saturated heterocycles. The number of hydrogen-bond donors (Lipinski definition) is 1. The highest BCUT2D eigenvalue weighted by Crippen LogP contribution is 2.41. The lowest BCUT2D eigenvalue weighted by Crippen LogP contribution is -2.32. The van der Waals surface area contributed by atoms with Gasteiger partial charge in [0.2, 0.25) is 0 Å². The smallest absolute Gasteiger partial charge is 0.0524 e. The van der Waals surface area contributed by atoms with Crippen molar-refractivity contribution in [3.63, 3.8) is 0 Å². The largest absolute Gasteiger partial charge is 0.319 e. The van der Waals surface area contributed by atoms with E-state index in [1.54, 1.807) is 0 Å². The first kappa shape index (κ1) is 10.7. The average Bonchev–Trinajstić information content (AvgIpc) is 2.61. The molecule has 3 nitrogen and oxygen atoms in total. The van der Waals surface area contributed by atoms with E-state index in [2.05, 4.69) is 34.4 Å². The molecule has 0 aliphatic heterocycles. The Kier molecular flexibility index (Phi) is 3.41. The van der Waals surface area contributed by atoms with Crippen molar-refractivity contribution in [3.05, 3.63) is 18.0 Å². The quantitative estimate of drug-likeness (QED) is 0.800. The van der Waals surface area contributed by atoms with Gasteiger partial charge in [-0.3, -0.25) is 4.68 Å². The molecule has 0 aromatic carbocycles. The number of aromatic nitrogens is 2. The van der Waals surface area contributed by atoms with Gasteiger partial charge in [-0.05, 0) is 50.3 Å². The van der Waals surface area contributed by atoms with Crippen LogP contribution in [0.5, 0.6) is 0 Å². The predicted molar refractivity (Wildman–Crippen MR) is 61.9 cm³/mol. The van der Waals surface area contributed by atoms with E-state index in [1.165, 1.54) is 18.4 Å². The molecule has 1 fully saturated rings. The molecule has 1 aromatic heterocycles. The molecule has 84 valence electrons. The Bertz CT molecular complexity index is 306. The minimum absolute atomic E-state index is 0.753. The SMILES string of the molecule is CCCn1cc(C2CCC2CNC)cn1. The summed E-state index contributed by atoms with van der Waals surface area (Å²) in [7, 11) is 2.04. The first-order chi connectivity index (χ1) is 7.35. The zero-order valence-corrected chi connectivity index (χ0v) is 9.74. The summed E-state index contributed by atoms with van der Waals surface area (Å²) in [5, 5.41) is 7.67. The van der Waals surface area contributed by atoms with Gasteiger partial charge in [-0.1, -0.05) is 6.92 Å². The molecule has 2 unspecified atom stereocenters. The summed E-state index contributed by atoms with van der Waals surface area (Å²) < 4.78 is 2.07. The second-order valence-corrected chi connectivity index (χ2v) is 4.54. The summed E-state index contributed by atoms with van der Waals surface area (Å²) in [5.74, 6) is 1.58. The Morgan fingerprint density at radius 1 is 1.53 bits per heavy atom. The molecule has 1 saturated carbocycles. The molecular weight excluding hydrogens is 186 g/mol. The average molecular weight is 207 g/mol. The van der Waals surface area contributed by atoms with Crippen molar-refractivity contribution < 1.29 is 0 Å². The van der Waals surface area contributed by atoms with Gasteiger partial charge < -0.3 is 5.32 Å². The second kappa shape index (κ2) is 4.79. The van der Waals surface area contributed by atoms with Crippen LogP contribution in [0.25, 0.3) is 0 Å². The van der Waals surface area contributed by atoms with E-state index < -0.39 is 0 Å². The molecule has 1 aliphatic rings. The molecule has 15 heavy (non-hydrogen) atoms. The summed E-state index contributed by atoms with van der Waals surface area (Å²) in [5.41, 5.74) is 1.44. The van der Waals surface area contributed by atoms with Gasteiger partial charge in [0.25, 0.3) is 0 Å². The van der Waals surface area contributed by atoms with Crippen LogP contribution in [0.1, 0.15) is 37.7 Å². The van der Waals surface area contributed by atoms with Gasteiger partial charge in [0.05, 0.1) is 6.20 Å². The van der Waals surface area contributed by atoms with Crippen molar-refractivity contribution in [2.75, 3.05) is 13.6 Å². The number of nitrogens with one attached hydrogen (secondary N) is 1. The molecular formula is C12H21N3. The molecule has 0 radical (unpaired) electrons. The van der Waals surface area contributed by atoms with Crippen LogP contribution in [0.2, 0.25) is 0 Å². The fourth-order valence-corrected chi connectivity index (χ4v) is 2.44. The second-order valence-electron chi connectivity index (χ2n) is 4.54. The number of aryl methyl sites for hydroxylation is 1. The van der Waals surface area contributed by atoms with Crippen molar-refractivity contribution in [1.29, 1.82) is 0 Å². The molecule has 2 atom stereocenters.